The molecule has 0 saturated heterocycles. The molecule has 0 bridgehead atoms. The van der Waals surface area contributed by atoms with Crippen molar-refractivity contribution in [3.8, 4) is 0 Å². The average molecular weight is 218 g/mol. The van der Waals surface area contributed by atoms with E-state index in [9.17, 15) is 9.59 Å². The maximum absolute atomic E-state index is 11.5. The molecule has 0 radical (unpaired) electrons. The quantitative estimate of drug-likeness (QED) is 0.681. The first-order chi connectivity index (χ1) is 6.29. The van der Waals surface area contributed by atoms with Crippen LogP contribution >= 0.6 is 11.8 Å². The zero-order valence-electron chi connectivity index (χ0n) is 9.42. The third kappa shape index (κ3) is 4.65. The van der Waals surface area contributed by atoms with Gasteiger partial charge in [0.25, 0.3) is 0 Å². The van der Waals surface area contributed by atoms with E-state index < -0.39 is 10.7 Å². The Hall–Kier alpha value is -0.510. The lowest BCUT2D eigenvalue weighted by Gasteiger charge is -2.17. The number of carbonyl (C=O) groups is 2. The molecule has 0 spiro atoms. The highest BCUT2D eigenvalue weighted by atomic mass is 32.2. The molecular formula is C10H18O3S. The Morgan fingerprint density at radius 2 is 1.86 bits per heavy atom. The number of rotatable bonds is 3. The van der Waals surface area contributed by atoms with E-state index in [1.807, 2.05) is 20.8 Å². The third-order valence-electron chi connectivity index (χ3n) is 1.51. The van der Waals surface area contributed by atoms with Gasteiger partial charge in [-0.3, -0.25) is 9.59 Å². The molecule has 0 aromatic heterocycles. The smallest absolute Gasteiger partial charge is 0.319 e. The normalized spacial score (nSPS) is 13.5. The van der Waals surface area contributed by atoms with Crippen LogP contribution in [-0.4, -0.2) is 22.9 Å². The second kappa shape index (κ2) is 5.39. The van der Waals surface area contributed by atoms with E-state index in [0.29, 0.717) is 6.61 Å². The van der Waals surface area contributed by atoms with Gasteiger partial charge in [-0.05, 0) is 13.8 Å². The molecule has 0 aromatic carbocycles. The van der Waals surface area contributed by atoms with Crippen molar-refractivity contribution in [3.05, 3.63) is 0 Å². The molecule has 0 aliphatic carbocycles. The van der Waals surface area contributed by atoms with E-state index >= 15 is 0 Å². The number of thioether (sulfide) groups is 1. The molecule has 0 rings (SSSR count). The molecule has 0 fully saturated rings. The van der Waals surface area contributed by atoms with Crippen molar-refractivity contribution >= 4 is 22.8 Å². The number of hydrogen-bond donors (Lipinski definition) is 0. The molecule has 82 valence electrons. The minimum atomic E-state index is -0.415. The van der Waals surface area contributed by atoms with Crippen molar-refractivity contribution in [1.29, 1.82) is 0 Å². The van der Waals surface area contributed by atoms with Gasteiger partial charge in [-0.15, -0.1) is 0 Å². The highest BCUT2D eigenvalue weighted by Crippen LogP contribution is 2.26. The summed E-state index contributed by atoms with van der Waals surface area (Å²) in [6.45, 7) is 9.29. The topological polar surface area (TPSA) is 43.4 Å². The molecule has 0 aliphatic heterocycles. The van der Waals surface area contributed by atoms with Crippen molar-refractivity contribution < 1.29 is 14.3 Å². The van der Waals surface area contributed by atoms with Gasteiger partial charge in [0.15, 0.2) is 5.12 Å². The van der Waals surface area contributed by atoms with Crippen molar-refractivity contribution in [2.75, 3.05) is 6.61 Å². The van der Waals surface area contributed by atoms with Crippen LogP contribution in [0.3, 0.4) is 0 Å². The zero-order valence-corrected chi connectivity index (χ0v) is 10.2. The molecule has 4 heteroatoms. The summed E-state index contributed by atoms with van der Waals surface area (Å²) in [5.41, 5.74) is -0.411. The SMILES string of the molecule is CCOC(=O)C(C)SC(=O)C(C)(C)C. The summed E-state index contributed by atoms with van der Waals surface area (Å²) in [6.07, 6.45) is 0. The van der Waals surface area contributed by atoms with Gasteiger partial charge in [0, 0.05) is 5.41 Å². The van der Waals surface area contributed by atoms with Crippen LogP contribution in [0.15, 0.2) is 0 Å². The van der Waals surface area contributed by atoms with Crippen molar-refractivity contribution in [3.63, 3.8) is 0 Å². The van der Waals surface area contributed by atoms with E-state index in [1.54, 1.807) is 13.8 Å². The Kier molecular flexibility index (Phi) is 5.19. The highest BCUT2D eigenvalue weighted by molar-refractivity contribution is 8.14. The first kappa shape index (κ1) is 13.5. The Balaban J connectivity index is 4.13. The summed E-state index contributed by atoms with van der Waals surface area (Å²) in [5, 5.41) is -0.403. The van der Waals surface area contributed by atoms with Crippen LogP contribution in [0, 0.1) is 5.41 Å². The number of carbonyl (C=O) groups excluding carboxylic acids is 2. The van der Waals surface area contributed by atoms with Crippen LogP contribution in [0.5, 0.6) is 0 Å². The lowest BCUT2D eigenvalue weighted by atomic mass is 10.00. The number of esters is 1. The standard InChI is InChI=1S/C10H18O3S/c1-6-13-8(11)7(2)14-9(12)10(3,4)5/h7H,6H2,1-5H3. The maximum Gasteiger partial charge on any atom is 0.319 e. The van der Waals surface area contributed by atoms with Gasteiger partial charge in [-0.2, -0.15) is 0 Å². The lowest BCUT2D eigenvalue weighted by Crippen LogP contribution is -2.24. The van der Waals surface area contributed by atoms with Crippen LogP contribution in [0.2, 0.25) is 0 Å². The summed E-state index contributed by atoms with van der Waals surface area (Å²) < 4.78 is 4.81. The molecule has 1 unspecified atom stereocenters. The molecule has 0 aliphatic rings. The second-order valence-electron chi connectivity index (χ2n) is 4.05. The van der Waals surface area contributed by atoms with Gasteiger partial charge in [-0.1, -0.05) is 32.5 Å². The predicted octanol–water partition coefficient (Wildman–Crippen LogP) is 2.24. The first-order valence-electron chi connectivity index (χ1n) is 4.66. The minimum absolute atomic E-state index is 0.0121. The fourth-order valence-corrected chi connectivity index (χ4v) is 1.48. The summed E-state index contributed by atoms with van der Waals surface area (Å²) in [4.78, 5) is 22.7. The van der Waals surface area contributed by atoms with Crippen molar-refractivity contribution in [2.24, 2.45) is 5.41 Å². The Bertz CT molecular complexity index is 218. The Labute approximate surface area is 89.6 Å². The monoisotopic (exact) mass is 218 g/mol. The van der Waals surface area contributed by atoms with E-state index in [-0.39, 0.29) is 11.1 Å². The summed E-state index contributed by atoms with van der Waals surface area (Å²) in [5.74, 6) is -0.324. The van der Waals surface area contributed by atoms with E-state index in [0.717, 1.165) is 11.8 Å². The zero-order chi connectivity index (χ0) is 11.4. The highest BCUT2D eigenvalue weighted by Gasteiger charge is 2.27. The molecule has 0 amide bonds. The number of ether oxygens (including phenoxy) is 1. The molecule has 0 heterocycles. The van der Waals surface area contributed by atoms with Gasteiger partial charge >= 0.3 is 5.97 Å². The molecule has 0 aromatic rings. The van der Waals surface area contributed by atoms with E-state index in [2.05, 4.69) is 0 Å². The van der Waals surface area contributed by atoms with Crippen LogP contribution in [0.25, 0.3) is 0 Å². The molecule has 1 atom stereocenters. The molecule has 0 saturated carbocycles. The van der Waals surface area contributed by atoms with E-state index in [4.69, 9.17) is 4.74 Å². The van der Waals surface area contributed by atoms with Gasteiger partial charge in [0.05, 0.1) is 6.61 Å². The molecule has 3 nitrogen and oxygen atoms in total. The van der Waals surface area contributed by atoms with Crippen molar-refractivity contribution in [1.82, 2.24) is 0 Å². The Morgan fingerprint density at radius 3 is 2.21 bits per heavy atom. The minimum Gasteiger partial charge on any atom is -0.465 e. The van der Waals surface area contributed by atoms with Crippen LogP contribution in [0.4, 0.5) is 0 Å². The predicted molar refractivity (Wildman–Crippen MR) is 58.1 cm³/mol. The van der Waals surface area contributed by atoms with Gasteiger partial charge in [0.1, 0.15) is 5.25 Å². The Morgan fingerprint density at radius 1 is 1.36 bits per heavy atom. The third-order valence-corrected chi connectivity index (χ3v) is 2.89. The fraction of sp³-hybridized carbons (Fsp3) is 0.800. The van der Waals surface area contributed by atoms with Crippen LogP contribution in [0.1, 0.15) is 34.6 Å². The maximum atomic E-state index is 11.5. The molecular weight excluding hydrogens is 200 g/mol. The van der Waals surface area contributed by atoms with Crippen molar-refractivity contribution in [2.45, 2.75) is 39.9 Å². The second-order valence-corrected chi connectivity index (χ2v) is 5.36. The average Bonchev–Trinajstić information content (AvgIpc) is 2.02. The largest absolute Gasteiger partial charge is 0.465 e. The fourth-order valence-electron chi connectivity index (χ4n) is 0.645. The van der Waals surface area contributed by atoms with Gasteiger partial charge in [0.2, 0.25) is 0 Å². The van der Waals surface area contributed by atoms with Gasteiger partial charge in [-0.25, -0.2) is 0 Å². The molecule has 14 heavy (non-hydrogen) atoms. The lowest BCUT2D eigenvalue weighted by molar-refractivity contribution is -0.142. The number of hydrogen-bond acceptors (Lipinski definition) is 4. The first-order valence-corrected chi connectivity index (χ1v) is 5.54. The molecule has 0 N–H and O–H groups in total. The van der Waals surface area contributed by atoms with Crippen LogP contribution < -0.4 is 0 Å². The van der Waals surface area contributed by atoms with E-state index in [1.165, 1.54) is 0 Å². The van der Waals surface area contributed by atoms with Crippen LogP contribution in [-0.2, 0) is 14.3 Å². The summed E-state index contributed by atoms with van der Waals surface area (Å²) in [6, 6.07) is 0. The summed E-state index contributed by atoms with van der Waals surface area (Å²) in [7, 11) is 0. The summed E-state index contributed by atoms with van der Waals surface area (Å²) >= 11 is 1.04. The van der Waals surface area contributed by atoms with Gasteiger partial charge < -0.3 is 4.74 Å².